The molecule has 38 heavy (non-hydrogen) atoms. The van der Waals surface area contributed by atoms with Crippen molar-refractivity contribution in [3.8, 4) is 0 Å². The average Bonchev–Trinajstić information content (AvgIpc) is 2.86. The first kappa shape index (κ1) is 28.9. The SMILES string of the molecule is Cc1ccc(S(=O)(=O)N(CC(=O)N(Cc2ccccc2C)C(C)C(=O)NC(C)(C)C)c2ccccc2)cc1. The standard InChI is InChI=1S/C30H37N3O4S/c1-22-16-18-27(19-17-22)38(36,37)33(26-14-8-7-9-15-26)21-28(34)32(20-25-13-11-10-12-23(25)2)24(3)29(35)31-30(4,5)6/h7-19,24H,20-21H2,1-6H3,(H,31,35). The van der Waals surface area contributed by atoms with Gasteiger partial charge in [-0.15, -0.1) is 0 Å². The number of anilines is 1. The molecule has 8 heteroatoms. The lowest BCUT2D eigenvalue weighted by atomic mass is 10.1. The minimum atomic E-state index is -4.07. The Balaban J connectivity index is 2.02. The van der Waals surface area contributed by atoms with Crippen molar-refractivity contribution >= 4 is 27.5 Å². The van der Waals surface area contributed by atoms with E-state index in [1.807, 2.05) is 58.9 Å². The van der Waals surface area contributed by atoms with Gasteiger partial charge in [0.05, 0.1) is 10.6 Å². The molecule has 0 bridgehead atoms. The third-order valence-electron chi connectivity index (χ3n) is 6.20. The summed E-state index contributed by atoms with van der Waals surface area (Å²) in [5.41, 5.74) is 2.65. The van der Waals surface area contributed by atoms with Crippen LogP contribution in [0.5, 0.6) is 0 Å². The van der Waals surface area contributed by atoms with Crippen LogP contribution in [0.2, 0.25) is 0 Å². The first-order valence-corrected chi connectivity index (χ1v) is 14.0. The van der Waals surface area contributed by atoms with E-state index in [1.54, 1.807) is 49.4 Å². The highest BCUT2D eigenvalue weighted by Gasteiger charge is 2.33. The van der Waals surface area contributed by atoms with Crippen molar-refractivity contribution < 1.29 is 18.0 Å². The summed E-state index contributed by atoms with van der Waals surface area (Å²) in [6, 6.07) is 21.9. The molecule has 0 saturated carbocycles. The summed E-state index contributed by atoms with van der Waals surface area (Å²) in [6.45, 7) is 10.8. The molecule has 2 amide bonds. The first-order valence-electron chi connectivity index (χ1n) is 12.6. The molecule has 0 fully saturated rings. The Morgan fingerprint density at radius 1 is 0.868 bits per heavy atom. The van der Waals surface area contributed by atoms with E-state index in [1.165, 1.54) is 17.0 Å². The van der Waals surface area contributed by atoms with Crippen molar-refractivity contribution in [3.05, 3.63) is 95.6 Å². The minimum absolute atomic E-state index is 0.0868. The average molecular weight is 536 g/mol. The van der Waals surface area contributed by atoms with Crippen molar-refractivity contribution in [3.63, 3.8) is 0 Å². The van der Waals surface area contributed by atoms with Gasteiger partial charge in [0.25, 0.3) is 10.0 Å². The second-order valence-electron chi connectivity index (χ2n) is 10.5. The zero-order chi connectivity index (χ0) is 28.1. The normalized spacial score (nSPS) is 12.5. The number of carbonyl (C=O) groups excluding carboxylic acids is 2. The lowest BCUT2D eigenvalue weighted by Gasteiger charge is -2.33. The topological polar surface area (TPSA) is 86.8 Å². The number of para-hydroxylation sites is 1. The van der Waals surface area contributed by atoms with Crippen molar-refractivity contribution in [2.24, 2.45) is 0 Å². The molecule has 0 radical (unpaired) electrons. The van der Waals surface area contributed by atoms with Gasteiger partial charge in [0.1, 0.15) is 12.6 Å². The van der Waals surface area contributed by atoms with Gasteiger partial charge < -0.3 is 10.2 Å². The molecule has 0 aliphatic rings. The van der Waals surface area contributed by atoms with E-state index in [2.05, 4.69) is 5.32 Å². The van der Waals surface area contributed by atoms with Gasteiger partial charge in [-0.1, -0.05) is 60.2 Å². The lowest BCUT2D eigenvalue weighted by molar-refractivity contribution is -0.140. The summed E-state index contributed by atoms with van der Waals surface area (Å²) < 4.78 is 28.7. The quantitative estimate of drug-likeness (QED) is 0.425. The van der Waals surface area contributed by atoms with Gasteiger partial charge in [-0.2, -0.15) is 0 Å². The zero-order valence-electron chi connectivity index (χ0n) is 22.9. The van der Waals surface area contributed by atoms with E-state index in [-0.39, 0.29) is 17.3 Å². The number of amides is 2. The third kappa shape index (κ3) is 7.22. The van der Waals surface area contributed by atoms with Crippen LogP contribution in [-0.4, -0.2) is 43.3 Å². The molecule has 0 saturated heterocycles. The maximum atomic E-state index is 13.9. The highest BCUT2D eigenvalue weighted by atomic mass is 32.2. The van der Waals surface area contributed by atoms with Crippen LogP contribution in [0.3, 0.4) is 0 Å². The molecule has 1 N–H and O–H groups in total. The fourth-order valence-corrected chi connectivity index (χ4v) is 5.40. The van der Waals surface area contributed by atoms with Crippen LogP contribution in [-0.2, 0) is 26.2 Å². The summed E-state index contributed by atoms with van der Waals surface area (Å²) in [6.07, 6.45) is 0. The van der Waals surface area contributed by atoms with Crippen molar-refractivity contribution in [1.82, 2.24) is 10.2 Å². The first-order chi connectivity index (χ1) is 17.8. The van der Waals surface area contributed by atoms with E-state index in [0.29, 0.717) is 5.69 Å². The summed E-state index contributed by atoms with van der Waals surface area (Å²) in [5.74, 6) is -0.795. The molecule has 0 aliphatic heterocycles. The third-order valence-corrected chi connectivity index (χ3v) is 7.99. The van der Waals surface area contributed by atoms with Crippen LogP contribution in [0.15, 0.2) is 83.8 Å². The molecule has 0 heterocycles. The van der Waals surface area contributed by atoms with Crippen molar-refractivity contribution in [2.45, 2.75) is 64.6 Å². The number of nitrogens with zero attached hydrogens (tertiary/aromatic N) is 2. The van der Waals surface area contributed by atoms with Gasteiger partial charge in [0.15, 0.2) is 0 Å². The monoisotopic (exact) mass is 535 g/mol. The number of sulfonamides is 1. The summed E-state index contributed by atoms with van der Waals surface area (Å²) >= 11 is 0. The number of rotatable bonds is 9. The maximum absolute atomic E-state index is 13.9. The summed E-state index contributed by atoms with van der Waals surface area (Å²) in [7, 11) is -4.07. The van der Waals surface area contributed by atoms with E-state index in [4.69, 9.17) is 0 Å². The highest BCUT2D eigenvalue weighted by molar-refractivity contribution is 7.92. The molecule has 0 aliphatic carbocycles. The smallest absolute Gasteiger partial charge is 0.264 e. The molecule has 0 aromatic heterocycles. The Labute approximate surface area is 226 Å². The van der Waals surface area contributed by atoms with E-state index < -0.39 is 34.1 Å². The Hall–Kier alpha value is -3.65. The zero-order valence-corrected chi connectivity index (χ0v) is 23.7. The maximum Gasteiger partial charge on any atom is 0.264 e. The second-order valence-corrected chi connectivity index (χ2v) is 12.4. The lowest BCUT2D eigenvalue weighted by Crippen LogP contribution is -2.54. The number of nitrogens with one attached hydrogen (secondary N) is 1. The molecule has 202 valence electrons. The Morgan fingerprint density at radius 3 is 2.03 bits per heavy atom. The van der Waals surface area contributed by atoms with Crippen LogP contribution in [0.1, 0.15) is 44.4 Å². The molecule has 1 atom stereocenters. The van der Waals surface area contributed by atoms with Crippen LogP contribution in [0.4, 0.5) is 5.69 Å². The number of benzene rings is 3. The molecule has 0 spiro atoms. The molecule has 3 aromatic carbocycles. The van der Waals surface area contributed by atoms with E-state index >= 15 is 0 Å². The Bertz CT molecular complexity index is 1360. The molecular formula is C30H37N3O4S. The number of carbonyl (C=O) groups is 2. The van der Waals surface area contributed by atoms with Crippen molar-refractivity contribution in [2.75, 3.05) is 10.8 Å². The minimum Gasteiger partial charge on any atom is -0.350 e. The predicted molar refractivity (Wildman–Crippen MR) is 151 cm³/mol. The molecule has 3 aromatic rings. The van der Waals surface area contributed by atoms with Crippen LogP contribution in [0, 0.1) is 13.8 Å². The largest absolute Gasteiger partial charge is 0.350 e. The van der Waals surface area contributed by atoms with Crippen molar-refractivity contribution in [1.29, 1.82) is 0 Å². The van der Waals surface area contributed by atoms with E-state index in [9.17, 15) is 18.0 Å². The van der Waals surface area contributed by atoms with Gasteiger partial charge in [0.2, 0.25) is 11.8 Å². The molecule has 1 unspecified atom stereocenters. The van der Waals surface area contributed by atoms with E-state index in [0.717, 1.165) is 21.0 Å². The van der Waals surface area contributed by atoms with Gasteiger partial charge in [-0.25, -0.2) is 8.42 Å². The highest BCUT2D eigenvalue weighted by Crippen LogP contribution is 2.25. The number of aryl methyl sites for hydroxylation is 2. The predicted octanol–water partition coefficient (Wildman–Crippen LogP) is 4.83. The van der Waals surface area contributed by atoms with Gasteiger partial charge in [-0.05, 0) is 76.9 Å². The number of hydrogen-bond acceptors (Lipinski definition) is 4. The second kappa shape index (κ2) is 11.8. The summed E-state index contributed by atoms with van der Waals surface area (Å²) in [5, 5.41) is 2.94. The fraction of sp³-hybridized carbons (Fsp3) is 0.333. The Morgan fingerprint density at radius 2 is 1.45 bits per heavy atom. The fourth-order valence-electron chi connectivity index (χ4n) is 3.99. The van der Waals surface area contributed by atoms with Crippen LogP contribution in [0.25, 0.3) is 0 Å². The molecule has 3 rings (SSSR count). The molecule has 7 nitrogen and oxygen atoms in total. The van der Waals surface area contributed by atoms with Gasteiger partial charge in [-0.3, -0.25) is 13.9 Å². The van der Waals surface area contributed by atoms with Gasteiger partial charge >= 0.3 is 0 Å². The summed E-state index contributed by atoms with van der Waals surface area (Å²) in [4.78, 5) is 28.6. The molecular weight excluding hydrogens is 498 g/mol. The van der Waals surface area contributed by atoms with Crippen LogP contribution >= 0.6 is 0 Å². The van der Waals surface area contributed by atoms with Crippen LogP contribution < -0.4 is 9.62 Å². The number of hydrogen-bond donors (Lipinski definition) is 1. The Kier molecular flexibility index (Phi) is 8.99. The van der Waals surface area contributed by atoms with Gasteiger partial charge in [0, 0.05) is 12.1 Å².